The van der Waals surface area contributed by atoms with E-state index >= 15 is 0 Å². The molecule has 0 radical (unpaired) electrons. The predicted octanol–water partition coefficient (Wildman–Crippen LogP) is 2.20. The second-order valence-corrected chi connectivity index (χ2v) is 4.53. The normalized spacial score (nSPS) is 16.1. The Hall–Kier alpha value is -1.53. The van der Waals surface area contributed by atoms with E-state index in [-0.39, 0.29) is 19.3 Å². The first-order chi connectivity index (χ1) is 9.65. The van der Waals surface area contributed by atoms with Crippen molar-refractivity contribution in [1.29, 1.82) is 0 Å². The number of benzene rings is 1. The van der Waals surface area contributed by atoms with Crippen LogP contribution in [0.5, 0.6) is 0 Å². The van der Waals surface area contributed by atoms with Gasteiger partial charge in [0.1, 0.15) is 13.2 Å². The van der Waals surface area contributed by atoms with Crippen molar-refractivity contribution in [3.05, 3.63) is 35.4 Å². The molecule has 2 rings (SSSR count). The molecule has 1 aromatic carbocycles. The molecule has 0 spiro atoms. The minimum absolute atomic E-state index is 0.0135. The van der Waals surface area contributed by atoms with Crippen LogP contribution in [0.1, 0.15) is 18.4 Å². The molecule has 0 aliphatic carbocycles. The summed E-state index contributed by atoms with van der Waals surface area (Å²) in [5.41, 5.74) is 0.392. The number of esters is 1. The van der Waals surface area contributed by atoms with Crippen molar-refractivity contribution in [1.82, 2.24) is 0 Å². The van der Waals surface area contributed by atoms with E-state index in [0.29, 0.717) is 18.8 Å². The molecule has 1 aliphatic heterocycles. The molecule has 20 heavy (non-hydrogen) atoms. The van der Waals surface area contributed by atoms with Crippen LogP contribution in [0.2, 0.25) is 0 Å². The van der Waals surface area contributed by atoms with E-state index in [1.165, 1.54) is 6.07 Å². The van der Waals surface area contributed by atoms with E-state index in [1.54, 1.807) is 0 Å². The Morgan fingerprint density at radius 2 is 2.00 bits per heavy atom. The van der Waals surface area contributed by atoms with E-state index < -0.39 is 17.6 Å². The highest BCUT2D eigenvalue weighted by Gasteiger charge is 2.16. The van der Waals surface area contributed by atoms with E-state index in [2.05, 4.69) is 0 Å². The minimum Gasteiger partial charge on any atom is -0.459 e. The van der Waals surface area contributed by atoms with Crippen LogP contribution in [0.15, 0.2) is 18.2 Å². The van der Waals surface area contributed by atoms with Gasteiger partial charge in [0.25, 0.3) is 0 Å². The summed E-state index contributed by atoms with van der Waals surface area (Å²) < 4.78 is 41.1. The molecule has 0 aromatic heterocycles. The highest BCUT2D eigenvalue weighted by atomic mass is 19.2. The second kappa shape index (κ2) is 7.31. The average molecular weight is 286 g/mol. The van der Waals surface area contributed by atoms with Crippen LogP contribution in [0.25, 0.3) is 0 Å². The number of carbonyl (C=O) groups excluding carboxylic acids is 1. The Bertz CT molecular complexity index is 458. The van der Waals surface area contributed by atoms with Gasteiger partial charge in [-0.05, 0) is 30.5 Å². The lowest BCUT2D eigenvalue weighted by molar-refractivity contribution is -0.154. The highest BCUT2D eigenvalue weighted by molar-refractivity contribution is 5.70. The number of carbonyl (C=O) groups is 1. The smallest absolute Gasteiger partial charge is 0.332 e. The molecule has 1 aromatic rings. The summed E-state index contributed by atoms with van der Waals surface area (Å²) in [4.78, 5) is 11.5. The zero-order valence-electron chi connectivity index (χ0n) is 10.9. The minimum atomic E-state index is -0.961. The largest absolute Gasteiger partial charge is 0.459 e. The van der Waals surface area contributed by atoms with Gasteiger partial charge >= 0.3 is 5.97 Å². The van der Waals surface area contributed by atoms with Crippen molar-refractivity contribution in [2.75, 3.05) is 19.8 Å². The summed E-state index contributed by atoms with van der Waals surface area (Å²) in [5, 5.41) is 0. The standard InChI is InChI=1S/C14H16F2O4/c15-12-2-1-10(7-13(12)16)8-20-14(17)9-19-11-3-5-18-6-4-11/h1-2,7,11H,3-6,8-9H2. The molecule has 6 heteroatoms. The number of hydrogen-bond donors (Lipinski definition) is 0. The Morgan fingerprint density at radius 3 is 2.70 bits per heavy atom. The van der Waals surface area contributed by atoms with E-state index in [9.17, 15) is 13.6 Å². The molecule has 1 heterocycles. The van der Waals surface area contributed by atoms with Gasteiger partial charge in [-0.1, -0.05) is 6.07 Å². The van der Waals surface area contributed by atoms with Gasteiger partial charge in [-0.25, -0.2) is 13.6 Å². The predicted molar refractivity (Wildman–Crippen MR) is 65.9 cm³/mol. The molecular formula is C14H16F2O4. The molecule has 110 valence electrons. The summed E-state index contributed by atoms with van der Waals surface area (Å²) >= 11 is 0. The number of rotatable bonds is 5. The van der Waals surface area contributed by atoms with Gasteiger partial charge in [0.05, 0.1) is 6.10 Å². The lowest BCUT2D eigenvalue weighted by atomic mass is 10.2. The quantitative estimate of drug-likeness (QED) is 0.778. The van der Waals surface area contributed by atoms with Crippen LogP contribution in [0, 0.1) is 11.6 Å². The monoisotopic (exact) mass is 286 g/mol. The van der Waals surface area contributed by atoms with Crippen molar-refractivity contribution >= 4 is 5.97 Å². The molecule has 1 fully saturated rings. The Balaban J connectivity index is 1.70. The van der Waals surface area contributed by atoms with E-state index in [4.69, 9.17) is 14.2 Å². The van der Waals surface area contributed by atoms with Crippen LogP contribution < -0.4 is 0 Å². The number of hydrogen-bond acceptors (Lipinski definition) is 4. The van der Waals surface area contributed by atoms with Crippen LogP contribution >= 0.6 is 0 Å². The molecule has 0 unspecified atom stereocenters. The number of halogens is 2. The maximum absolute atomic E-state index is 12.9. The lowest BCUT2D eigenvalue weighted by Gasteiger charge is -2.21. The van der Waals surface area contributed by atoms with Gasteiger partial charge in [-0.15, -0.1) is 0 Å². The third-order valence-corrected chi connectivity index (χ3v) is 2.99. The highest BCUT2D eigenvalue weighted by Crippen LogP contribution is 2.11. The van der Waals surface area contributed by atoms with E-state index in [1.807, 2.05) is 0 Å². The van der Waals surface area contributed by atoms with Crippen LogP contribution in [-0.4, -0.2) is 31.9 Å². The zero-order chi connectivity index (χ0) is 14.4. The summed E-state index contributed by atoms with van der Waals surface area (Å²) in [5.74, 6) is -2.42. The molecule has 1 saturated heterocycles. The molecule has 1 aliphatic rings. The topological polar surface area (TPSA) is 44.8 Å². The summed E-state index contributed by atoms with van der Waals surface area (Å²) in [6, 6.07) is 3.37. The Labute approximate surface area is 115 Å². The summed E-state index contributed by atoms with van der Waals surface area (Å²) in [6.45, 7) is 1.02. The fourth-order valence-corrected chi connectivity index (χ4v) is 1.86. The molecule has 0 atom stereocenters. The maximum Gasteiger partial charge on any atom is 0.332 e. The van der Waals surface area contributed by atoms with Gasteiger partial charge in [0.2, 0.25) is 0 Å². The SMILES string of the molecule is O=C(COC1CCOCC1)OCc1ccc(F)c(F)c1. The fraction of sp³-hybridized carbons (Fsp3) is 0.500. The van der Waals surface area contributed by atoms with Crippen molar-refractivity contribution in [3.63, 3.8) is 0 Å². The van der Waals surface area contributed by atoms with Gasteiger partial charge in [0.15, 0.2) is 11.6 Å². The maximum atomic E-state index is 12.9. The fourth-order valence-electron chi connectivity index (χ4n) is 1.86. The molecule has 4 nitrogen and oxygen atoms in total. The average Bonchev–Trinajstić information content (AvgIpc) is 2.47. The summed E-state index contributed by atoms with van der Waals surface area (Å²) in [7, 11) is 0. The molecular weight excluding hydrogens is 270 g/mol. The zero-order valence-corrected chi connectivity index (χ0v) is 10.9. The van der Waals surface area contributed by atoms with Gasteiger partial charge < -0.3 is 14.2 Å². The molecule has 0 bridgehead atoms. The summed E-state index contributed by atoms with van der Waals surface area (Å²) in [6.07, 6.45) is 1.53. The van der Waals surface area contributed by atoms with Crippen molar-refractivity contribution in [3.8, 4) is 0 Å². The van der Waals surface area contributed by atoms with Crippen molar-refractivity contribution < 1.29 is 27.8 Å². The third-order valence-electron chi connectivity index (χ3n) is 2.99. The van der Waals surface area contributed by atoms with Crippen molar-refractivity contribution in [2.45, 2.75) is 25.6 Å². The third kappa shape index (κ3) is 4.54. The van der Waals surface area contributed by atoms with Crippen LogP contribution in [-0.2, 0) is 25.6 Å². The Morgan fingerprint density at radius 1 is 1.25 bits per heavy atom. The van der Waals surface area contributed by atoms with Crippen LogP contribution in [0.3, 0.4) is 0 Å². The van der Waals surface area contributed by atoms with Gasteiger partial charge in [-0.3, -0.25) is 0 Å². The lowest BCUT2D eigenvalue weighted by Crippen LogP contribution is -2.26. The molecule has 0 amide bonds. The van der Waals surface area contributed by atoms with Gasteiger partial charge in [0, 0.05) is 13.2 Å². The molecule has 0 saturated carbocycles. The first-order valence-electron chi connectivity index (χ1n) is 6.44. The van der Waals surface area contributed by atoms with Crippen LogP contribution in [0.4, 0.5) is 8.78 Å². The second-order valence-electron chi connectivity index (χ2n) is 4.53. The van der Waals surface area contributed by atoms with Gasteiger partial charge in [-0.2, -0.15) is 0 Å². The van der Waals surface area contributed by atoms with Crippen molar-refractivity contribution in [2.24, 2.45) is 0 Å². The Kier molecular flexibility index (Phi) is 5.43. The molecule has 0 N–H and O–H groups in total. The number of ether oxygens (including phenoxy) is 3. The first-order valence-corrected chi connectivity index (χ1v) is 6.44. The first kappa shape index (κ1) is 14.9. The van der Waals surface area contributed by atoms with E-state index in [0.717, 1.165) is 25.0 Å².